The van der Waals surface area contributed by atoms with Crippen LogP contribution in [-0.2, 0) is 4.79 Å². The van der Waals surface area contributed by atoms with Crippen molar-refractivity contribution < 1.29 is 4.79 Å². The maximum Gasteiger partial charge on any atom is 0.146 e. The van der Waals surface area contributed by atoms with E-state index in [9.17, 15) is 4.79 Å². The second kappa shape index (κ2) is 4.81. The molecule has 0 aromatic heterocycles. The Bertz CT molecular complexity index is 130. The first-order valence-electron chi connectivity index (χ1n) is 4.16. The molecule has 2 heteroatoms. The second-order valence-electron chi connectivity index (χ2n) is 3.75. The quantitative estimate of drug-likeness (QED) is 0.648. The standard InChI is InChI=1S/C9H18OS/c1-6(2)5-8(10)9(11)7(3)4/h6-7,9,11H,5H2,1-4H3. The van der Waals surface area contributed by atoms with Gasteiger partial charge in [0.15, 0.2) is 0 Å². The van der Waals surface area contributed by atoms with Gasteiger partial charge in [0, 0.05) is 6.42 Å². The molecule has 0 saturated heterocycles. The Balaban J connectivity index is 3.83. The molecule has 1 unspecified atom stereocenters. The summed E-state index contributed by atoms with van der Waals surface area (Å²) in [6.07, 6.45) is 0.659. The van der Waals surface area contributed by atoms with E-state index in [1.807, 2.05) is 13.8 Å². The molecule has 0 rings (SSSR count). The average molecular weight is 174 g/mol. The minimum Gasteiger partial charge on any atom is -0.298 e. The Morgan fingerprint density at radius 1 is 1.27 bits per heavy atom. The third-order valence-electron chi connectivity index (χ3n) is 1.57. The van der Waals surface area contributed by atoms with Gasteiger partial charge in [-0.25, -0.2) is 0 Å². The summed E-state index contributed by atoms with van der Waals surface area (Å²) in [5, 5.41) is -0.0719. The molecule has 0 aliphatic rings. The highest BCUT2D eigenvalue weighted by molar-refractivity contribution is 7.81. The van der Waals surface area contributed by atoms with Gasteiger partial charge in [-0.15, -0.1) is 0 Å². The molecule has 1 nitrogen and oxygen atoms in total. The number of ketones is 1. The average Bonchev–Trinajstić information content (AvgIpc) is 1.84. The Morgan fingerprint density at radius 3 is 2.00 bits per heavy atom. The van der Waals surface area contributed by atoms with Gasteiger partial charge in [-0.2, -0.15) is 12.6 Å². The van der Waals surface area contributed by atoms with E-state index >= 15 is 0 Å². The number of hydrogen-bond donors (Lipinski definition) is 1. The van der Waals surface area contributed by atoms with Crippen molar-refractivity contribution in [3.8, 4) is 0 Å². The van der Waals surface area contributed by atoms with Crippen molar-refractivity contribution in [3.63, 3.8) is 0 Å². The lowest BCUT2D eigenvalue weighted by molar-refractivity contribution is -0.119. The van der Waals surface area contributed by atoms with Crippen LogP contribution < -0.4 is 0 Å². The number of rotatable bonds is 4. The Hall–Kier alpha value is 0.0200. The van der Waals surface area contributed by atoms with Gasteiger partial charge in [0.2, 0.25) is 0 Å². The summed E-state index contributed by atoms with van der Waals surface area (Å²) in [5.74, 6) is 1.08. The van der Waals surface area contributed by atoms with E-state index in [4.69, 9.17) is 0 Å². The predicted octanol–water partition coefficient (Wildman–Crippen LogP) is 2.56. The van der Waals surface area contributed by atoms with Gasteiger partial charge in [0.25, 0.3) is 0 Å². The molecule has 0 aromatic rings. The van der Waals surface area contributed by atoms with Crippen molar-refractivity contribution in [1.82, 2.24) is 0 Å². The Morgan fingerprint density at radius 2 is 1.73 bits per heavy atom. The van der Waals surface area contributed by atoms with Crippen molar-refractivity contribution in [2.45, 2.75) is 39.4 Å². The van der Waals surface area contributed by atoms with Crippen LogP contribution in [0.1, 0.15) is 34.1 Å². The van der Waals surface area contributed by atoms with Gasteiger partial charge in [0.05, 0.1) is 5.25 Å². The Labute approximate surface area is 75.0 Å². The molecule has 0 aliphatic heterocycles. The van der Waals surface area contributed by atoms with E-state index in [1.54, 1.807) is 0 Å². The van der Waals surface area contributed by atoms with E-state index in [-0.39, 0.29) is 11.0 Å². The van der Waals surface area contributed by atoms with Crippen LogP contribution in [0.3, 0.4) is 0 Å². The smallest absolute Gasteiger partial charge is 0.146 e. The first-order chi connectivity index (χ1) is 4.95. The van der Waals surface area contributed by atoms with E-state index in [2.05, 4.69) is 26.5 Å². The third kappa shape index (κ3) is 4.46. The molecule has 11 heavy (non-hydrogen) atoms. The number of hydrogen-bond acceptors (Lipinski definition) is 2. The van der Waals surface area contributed by atoms with Crippen LogP contribution in [0.2, 0.25) is 0 Å². The highest BCUT2D eigenvalue weighted by atomic mass is 32.1. The number of thiol groups is 1. The molecule has 0 bridgehead atoms. The van der Waals surface area contributed by atoms with Gasteiger partial charge >= 0.3 is 0 Å². The summed E-state index contributed by atoms with van der Waals surface area (Å²) < 4.78 is 0. The second-order valence-corrected chi connectivity index (χ2v) is 4.31. The number of Topliss-reactive ketones (excluding diaryl/α,β-unsaturated/α-hetero) is 1. The maximum absolute atomic E-state index is 11.3. The molecular formula is C9H18OS. The van der Waals surface area contributed by atoms with Crippen molar-refractivity contribution in [2.75, 3.05) is 0 Å². The van der Waals surface area contributed by atoms with Gasteiger partial charge in [-0.1, -0.05) is 27.7 Å². The van der Waals surface area contributed by atoms with Crippen LogP contribution in [0.25, 0.3) is 0 Å². The topological polar surface area (TPSA) is 17.1 Å². The van der Waals surface area contributed by atoms with Crippen LogP contribution in [0.15, 0.2) is 0 Å². The van der Waals surface area contributed by atoms with Crippen molar-refractivity contribution >= 4 is 18.4 Å². The third-order valence-corrected chi connectivity index (χ3v) is 2.46. The normalized spacial score (nSPS) is 14.1. The lowest BCUT2D eigenvalue weighted by Gasteiger charge is -2.14. The van der Waals surface area contributed by atoms with Crippen molar-refractivity contribution in [3.05, 3.63) is 0 Å². The predicted molar refractivity (Wildman–Crippen MR) is 52.1 cm³/mol. The highest BCUT2D eigenvalue weighted by Crippen LogP contribution is 2.14. The monoisotopic (exact) mass is 174 g/mol. The number of carbonyl (C=O) groups excluding carboxylic acids is 1. The van der Waals surface area contributed by atoms with E-state index < -0.39 is 0 Å². The molecule has 0 amide bonds. The zero-order valence-electron chi connectivity index (χ0n) is 7.79. The molecule has 0 aromatic carbocycles. The van der Waals surface area contributed by atoms with Crippen molar-refractivity contribution in [2.24, 2.45) is 11.8 Å². The fraction of sp³-hybridized carbons (Fsp3) is 0.889. The van der Waals surface area contributed by atoms with E-state index in [0.29, 0.717) is 18.3 Å². The molecule has 0 radical (unpaired) electrons. The SMILES string of the molecule is CC(C)CC(=O)C(S)C(C)C. The summed E-state index contributed by atoms with van der Waals surface area (Å²) in [6.45, 7) is 8.16. The summed E-state index contributed by atoms with van der Waals surface area (Å²) >= 11 is 4.24. The summed E-state index contributed by atoms with van der Waals surface area (Å²) in [6, 6.07) is 0. The van der Waals surface area contributed by atoms with Crippen LogP contribution in [-0.4, -0.2) is 11.0 Å². The molecule has 0 aliphatic carbocycles. The van der Waals surface area contributed by atoms with Crippen LogP contribution >= 0.6 is 12.6 Å². The fourth-order valence-electron chi connectivity index (χ4n) is 0.895. The summed E-state index contributed by atoms with van der Waals surface area (Å²) in [5.41, 5.74) is 0. The molecule has 66 valence electrons. The van der Waals surface area contributed by atoms with Crippen LogP contribution in [0.5, 0.6) is 0 Å². The largest absolute Gasteiger partial charge is 0.298 e. The molecule has 0 saturated carbocycles. The fourth-order valence-corrected chi connectivity index (χ4v) is 1.00. The van der Waals surface area contributed by atoms with Crippen molar-refractivity contribution in [1.29, 1.82) is 0 Å². The van der Waals surface area contributed by atoms with Gasteiger partial charge in [-0.05, 0) is 11.8 Å². The van der Waals surface area contributed by atoms with Gasteiger partial charge in [0.1, 0.15) is 5.78 Å². The maximum atomic E-state index is 11.3. The first-order valence-corrected chi connectivity index (χ1v) is 4.67. The molecule has 0 N–H and O–H groups in total. The minimum absolute atomic E-state index is 0.0719. The molecule has 0 spiro atoms. The van der Waals surface area contributed by atoms with E-state index in [0.717, 1.165) is 0 Å². The molecule has 1 atom stereocenters. The zero-order valence-corrected chi connectivity index (χ0v) is 8.69. The lowest BCUT2D eigenvalue weighted by Crippen LogP contribution is -2.21. The highest BCUT2D eigenvalue weighted by Gasteiger charge is 2.17. The summed E-state index contributed by atoms with van der Waals surface area (Å²) in [7, 11) is 0. The molecular weight excluding hydrogens is 156 g/mol. The Kier molecular flexibility index (Phi) is 4.82. The summed E-state index contributed by atoms with van der Waals surface area (Å²) in [4.78, 5) is 11.3. The van der Waals surface area contributed by atoms with Gasteiger partial charge in [-0.3, -0.25) is 4.79 Å². The van der Waals surface area contributed by atoms with E-state index in [1.165, 1.54) is 0 Å². The van der Waals surface area contributed by atoms with Gasteiger partial charge < -0.3 is 0 Å². The first kappa shape index (κ1) is 11.0. The lowest BCUT2D eigenvalue weighted by atomic mass is 9.99. The number of carbonyl (C=O) groups is 1. The van der Waals surface area contributed by atoms with Crippen LogP contribution in [0, 0.1) is 11.8 Å². The zero-order chi connectivity index (χ0) is 9.02. The molecule has 0 fully saturated rings. The minimum atomic E-state index is -0.0719. The van der Waals surface area contributed by atoms with Crippen LogP contribution in [0.4, 0.5) is 0 Å². The molecule has 0 heterocycles.